The molecule has 1 unspecified atom stereocenters. The third kappa shape index (κ3) is 4.55. The standard InChI is InChI=1S/C14H19N3O4/c1-7(2)15-12(18)9(4)17-13(19)11-6-5-10(14(20)21)8(3)16-11/h5-7,9H,1-4H3,(H,15,18)(H,17,19)(H,20,21). The molecule has 0 aliphatic heterocycles. The maximum absolute atomic E-state index is 12.0. The molecule has 0 aliphatic carbocycles. The van der Waals surface area contributed by atoms with Crippen LogP contribution < -0.4 is 10.6 Å². The van der Waals surface area contributed by atoms with Gasteiger partial charge in [0.1, 0.15) is 11.7 Å². The summed E-state index contributed by atoms with van der Waals surface area (Å²) < 4.78 is 0. The van der Waals surface area contributed by atoms with Crippen molar-refractivity contribution < 1.29 is 19.5 Å². The molecule has 3 N–H and O–H groups in total. The Balaban J connectivity index is 2.78. The molecular formula is C14H19N3O4. The van der Waals surface area contributed by atoms with Crippen molar-refractivity contribution in [2.24, 2.45) is 0 Å². The number of carboxylic acids is 1. The summed E-state index contributed by atoms with van der Waals surface area (Å²) in [6.45, 7) is 6.72. The Bertz CT molecular complexity index is 569. The van der Waals surface area contributed by atoms with Crippen LogP contribution >= 0.6 is 0 Å². The minimum atomic E-state index is -1.10. The molecular weight excluding hydrogens is 274 g/mol. The van der Waals surface area contributed by atoms with E-state index in [0.717, 1.165) is 0 Å². The Morgan fingerprint density at radius 2 is 1.76 bits per heavy atom. The van der Waals surface area contributed by atoms with Gasteiger partial charge in [0.2, 0.25) is 5.91 Å². The number of rotatable bonds is 5. The van der Waals surface area contributed by atoms with E-state index in [1.54, 1.807) is 6.92 Å². The van der Waals surface area contributed by atoms with E-state index in [1.165, 1.54) is 19.1 Å². The van der Waals surface area contributed by atoms with Crippen molar-refractivity contribution >= 4 is 17.8 Å². The fraction of sp³-hybridized carbons (Fsp3) is 0.429. The molecule has 0 aromatic carbocycles. The monoisotopic (exact) mass is 293 g/mol. The van der Waals surface area contributed by atoms with Gasteiger partial charge in [-0.15, -0.1) is 0 Å². The van der Waals surface area contributed by atoms with Gasteiger partial charge in [0.25, 0.3) is 5.91 Å². The van der Waals surface area contributed by atoms with Crippen LogP contribution in [0.4, 0.5) is 0 Å². The first kappa shape index (κ1) is 16.6. The van der Waals surface area contributed by atoms with Gasteiger partial charge in [-0.25, -0.2) is 9.78 Å². The van der Waals surface area contributed by atoms with Crippen molar-refractivity contribution in [1.29, 1.82) is 0 Å². The molecule has 1 aromatic rings. The first-order chi connectivity index (χ1) is 9.72. The maximum Gasteiger partial charge on any atom is 0.337 e. The van der Waals surface area contributed by atoms with Crippen molar-refractivity contribution in [3.63, 3.8) is 0 Å². The SMILES string of the molecule is Cc1nc(C(=O)NC(C)C(=O)NC(C)C)ccc1C(=O)O. The van der Waals surface area contributed by atoms with Crippen molar-refractivity contribution in [1.82, 2.24) is 15.6 Å². The number of aromatic nitrogens is 1. The molecule has 2 amide bonds. The molecule has 7 heteroatoms. The second-order valence-electron chi connectivity index (χ2n) is 4.99. The van der Waals surface area contributed by atoms with Crippen LogP contribution in [0.15, 0.2) is 12.1 Å². The van der Waals surface area contributed by atoms with Gasteiger partial charge in [-0.05, 0) is 39.8 Å². The number of hydrogen-bond acceptors (Lipinski definition) is 4. The maximum atomic E-state index is 12.0. The highest BCUT2D eigenvalue weighted by atomic mass is 16.4. The molecule has 1 heterocycles. The van der Waals surface area contributed by atoms with Gasteiger partial charge in [0.05, 0.1) is 11.3 Å². The predicted octanol–water partition coefficient (Wildman–Crippen LogP) is 0.731. The van der Waals surface area contributed by atoms with Crippen molar-refractivity contribution in [3.05, 3.63) is 29.1 Å². The lowest BCUT2D eigenvalue weighted by molar-refractivity contribution is -0.123. The summed E-state index contributed by atoms with van der Waals surface area (Å²) in [5, 5.41) is 14.1. The number of nitrogens with one attached hydrogen (secondary N) is 2. The number of nitrogens with zero attached hydrogens (tertiary/aromatic N) is 1. The van der Waals surface area contributed by atoms with Crippen molar-refractivity contribution in [3.8, 4) is 0 Å². The summed E-state index contributed by atoms with van der Waals surface area (Å²) in [4.78, 5) is 38.5. The zero-order chi connectivity index (χ0) is 16.2. The second-order valence-corrected chi connectivity index (χ2v) is 4.99. The number of aromatic carboxylic acids is 1. The van der Waals surface area contributed by atoms with Gasteiger partial charge >= 0.3 is 5.97 Å². The van der Waals surface area contributed by atoms with E-state index in [4.69, 9.17) is 5.11 Å². The average Bonchev–Trinajstić information content (AvgIpc) is 2.36. The number of aryl methyl sites for hydroxylation is 1. The van der Waals surface area contributed by atoms with Crippen LogP contribution in [0.5, 0.6) is 0 Å². The van der Waals surface area contributed by atoms with E-state index in [-0.39, 0.29) is 28.9 Å². The molecule has 114 valence electrons. The molecule has 7 nitrogen and oxygen atoms in total. The van der Waals surface area contributed by atoms with Crippen LogP contribution in [-0.2, 0) is 4.79 Å². The molecule has 21 heavy (non-hydrogen) atoms. The van der Waals surface area contributed by atoms with E-state index in [1.807, 2.05) is 13.8 Å². The van der Waals surface area contributed by atoms with Gasteiger partial charge in [-0.2, -0.15) is 0 Å². The van der Waals surface area contributed by atoms with Crippen molar-refractivity contribution in [2.75, 3.05) is 0 Å². The van der Waals surface area contributed by atoms with E-state index in [2.05, 4.69) is 15.6 Å². The van der Waals surface area contributed by atoms with Crippen LogP contribution in [0, 0.1) is 6.92 Å². The zero-order valence-corrected chi connectivity index (χ0v) is 12.4. The third-order valence-corrected chi connectivity index (χ3v) is 2.72. The number of hydrogen-bond donors (Lipinski definition) is 3. The Labute approximate surface area is 122 Å². The Morgan fingerprint density at radius 1 is 1.14 bits per heavy atom. The highest BCUT2D eigenvalue weighted by Crippen LogP contribution is 2.07. The van der Waals surface area contributed by atoms with Gasteiger partial charge in [0, 0.05) is 6.04 Å². The smallest absolute Gasteiger partial charge is 0.337 e. The normalized spacial score (nSPS) is 11.9. The number of carbonyl (C=O) groups is 3. The highest BCUT2D eigenvalue weighted by Gasteiger charge is 2.19. The van der Waals surface area contributed by atoms with Gasteiger partial charge in [-0.1, -0.05) is 0 Å². The lowest BCUT2D eigenvalue weighted by atomic mass is 10.2. The predicted molar refractivity (Wildman–Crippen MR) is 76.1 cm³/mol. The lowest BCUT2D eigenvalue weighted by Gasteiger charge is -2.16. The Kier molecular flexibility index (Phi) is 5.40. The largest absolute Gasteiger partial charge is 0.478 e. The second kappa shape index (κ2) is 6.83. The van der Waals surface area contributed by atoms with Gasteiger partial charge in [-0.3, -0.25) is 9.59 Å². The van der Waals surface area contributed by atoms with Crippen LogP contribution in [0.2, 0.25) is 0 Å². The first-order valence-electron chi connectivity index (χ1n) is 6.54. The number of pyridine rings is 1. The van der Waals surface area contributed by atoms with E-state index in [0.29, 0.717) is 0 Å². The fourth-order valence-electron chi connectivity index (χ4n) is 1.66. The van der Waals surface area contributed by atoms with E-state index >= 15 is 0 Å². The summed E-state index contributed by atoms with van der Waals surface area (Å²) >= 11 is 0. The average molecular weight is 293 g/mol. The molecule has 1 atom stereocenters. The number of amides is 2. The molecule has 0 aliphatic rings. The van der Waals surface area contributed by atoms with Gasteiger partial charge in [0.15, 0.2) is 0 Å². The summed E-state index contributed by atoms with van der Waals surface area (Å²) in [6, 6.07) is 1.91. The molecule has 0 bridgehead atoms. The van der Waals surface area contributed by atoms with Crippen LogP contribution in [0.3, 0.4) is 0 Å². The lowest BCUT2D eigenvalue weighted by Crippen LogP contribution is -2.47. The number of carbonyl (C=O) groups excluding carboxylic acids is 2. The summed E-state index contributed by atoms with van der Waals surface area (Å²) in [5.74, 6) is -1.92. The highest BCUT2D eigenvalue weighted by molar-refractivity contribution is 5.97. The van der Waals surface area contributed by atoms with Crippen LogP contribution in [0.25, 0.3) is 0 Å². The van der Waals surface area contributed by atoms with E-state index in [9.17, 15) is 14.4 Å². The molecule has 0 spiro atoms. The third-order valence-electron chi connectivity index (χ3n) is 2.72. The molecule has 1 aromatic heterocycles. The molecule has 0 radical (unpaired) electrons. The van der Waals surface area contributed by atoms with Crippen molar-refractivity contribution in [2.45, 2.75) is 39.8 Å². The first-order valence-corrected chi connectivity index (χ1v) is 6.54. The summed E-state index contributed by atoms with van der Waals surface area (Å²) in [7, 11) is 0. The minimum Gasteiger partial charge on any atom is -0.478 e. The molecule has 0 saturated carbocycles. The Morgan fingerprint density at radius 3 is 2.24 bits per heavy atom. The number of carboxylic acid groups (broad SMARTS) is 1. The molecule has 1 rings (SSSR count). The zero-order valence-electron chi connectivity index (χ0n) is 12.4. The summed E-state index contributed by atoms with van der Waals surface area (Å²) in [6.07, 6.45) is 0. The molecule has 0 saturated heterocycles. The van der Waals surface area contributed by atoms with Crippen LogP contribution in [0.1, 0.15) is 47.3 Å². The van der Waals surface area contributed by atoms with E-state index < -0.39 is 17.9 Å². The molecule has 0 fully saturated rings. The van der Waals surface area contributed by atoms with Gasteiger partial charge < -0.3 is 15.7 Å². The Hall–Kier alpha value is -2.44. The fourth-order valence-corrected chi connectivity index (χ4v) is 1.66. The summed E-state index contributed by atoms with van der Waals surface area (Å²) in [5.41, 5.74) is 0.355. The quantitative estimate of drug-likeness (QED) is 0.741. The minimum absolute atomic E-state index is 0.0212. The topological polar surface area (TPSA) is 108 Å². The van der Waals surface area contributed by atoms with Crippen LogP contribution in [-0.4, -0.2) is 40.0 Å².